The second-order valence-corrected chi connectivity index (χ2v) is 11.7. The SMILES string of the molecule is C[C@H](Cc1ccc(O)c(O)c1)[C@@H](C)Cc1ccc(O[C@@H]2O[C@H](C(=O)O)[C@@H](O)[C@H](O)[C@H]2O)c(O[C@@H]2O[C@H](C(=O)O)[C@@H](O)[C@H](O)[C@H]2O)c1. The molecule has 16 nitrogen and oxygen atoms in total. The van der Waals surface area contributed by atoms with E-state index in [1.54, 1.807) is 12.1 Å². The molecule has 0 bridgehead atoms. The molecule has 0 radical (unpaired) electrons. The Morgan fingerprint density at radius 1 is 0.630 bits per heavy atom. The summed E-state index contributed by atoms with van der Waals surface area (Å²) >= 11 is 0. The number of carboxylic acid groups (broad SMARTS) is 2. The van der Waals surface area contributed by atoms with E-state index in [9.17, 15) is 60.7 Å². The molecular formula is C30H38O16. The quantitative estimate of drug-likeness (QED) is 0.126. The van der Waals surface area contributed by atoms with Crippen LogP contribution in [0.3, 0.4) is 0 Å². The van der Waals surface area contributed by atoms with E-state index in [0.29, 0.717) is 18.4 Å². The summed E-state index contributed by atoms with van der Waals surface area (Å²) in [6.07, 6.45) is -18.5. The van der Waals surface area contributed by atoms with Crippen LogP contribution in [0.2, 0.25) is 0 Å². The van der Waals surface area contributed by atoms with E-state index in [1.807, 2.05) is 13.8 Å². The number of aliphatic carboxylic acids is 2. The average molecular weight is 655 g/mol. The molecule has 2 saturated heterocycles. The van der Waals surface area contributed by atoms with E-state index in [2.05, 4.69) is 0 Å². The smallest absolute Gasteiger partial charge is 0.335 e. The van der Waals surface area contributed by atoms with Crippen LogP contribution in [0.25, 0.3) is 0 Å². The fourth-order valence-corrected chi connectivity index (χ4v) is 5.26. The molecule has 0 saturated carbocycles. The van der Waals surface area contributed by atoms with E-state index in [0.717, 1.165) is 5.56 Å². The largest absolute Gasteiger partial charge is 0.504 e. The van der Waals surface area contributed by atoms with Gasteiger partial charge in [0.05, 0.1) is 0 Å². The van der Waals surface area contributed by atoms with Crippen LogP contribution in [0.5, 0.6) is 23.0 Å². The van der Waals surface area contributed by atoms with E-state index >= 15 is 0 Å². The van der Waals surface area contributed by atoms with Gasteiger partial charge in [0.2, 0.25) is 12.6 Å². The summed E-state index contributed by atoms with van der Waals surface area (Å²) in [5, 5.41) is 99.7. The van der Waals surface area contributed by atoms with Gasteiger partial charge in [-0.15, -0.1) is 0 Å². The van der Waals surface area contributed by atoms with Gasteiger partial charge in [0.1, 0.15) is 36.6 Å². The Bertz CT molecular complexity index is 1380. The van der Waals surface area contributed by atoms with Crippen LogP contribution < -0.4 is 9.47 Å². The molecule has 0 unspecified atom stereocenters. The first-order valence-corrected chi connectivity index (χ1v) is 14.4. The normalized spacial score (nSPS) is 32.7. The molecule has 2 aromatic carbocycles. The molecule has 12 atom stereocenters. The maximum Gasteiger partial charge on any atom is 0.335 e. The van der Waals surface area contributed by atoms with Crippen LogP contribution in [0, 0.1) is 11.8 Å². The van der Waals surface area contributed by atoms with E-state index in [4.69, 9.17) is 18.9 Å². The third kappa shape index (κ3) is 7.62. The molecule has 2 fully saturated rings. The van der Waals surface area contributed by atoms with Crippen molar-refractivity contribution in [2.75, 3.05) is 0 Å². The van der Waals surface area contributed by atoms with Gasteiger partial charge in [-0.1, -0.05) is 26.0 Å². The second-order valence-electron chi connectivity index (χ2n) is 11.7. The molecule has 0 aromatic heterocycles. The predicted octanol–water partition coefficient (Wildman–Crippen LogP) is -1.30. The molecule has 0 amide bonds. The molecule has 16 heteroatoms. The number of phenolic OH excluding ortho intramolecular Hbond substituents is 2. The Hall–Kier alpha value is -3.74. The van der Waals surface area contributed by atoms with Crippen molar-refractivity contribution in [1.29, 1.82) is 0 Å². The lowest BCUT2D eigenvalue weighted by atomic mass is 9.85. The third-order valence-electron chi connectivity index (χ3n) is 8.25. The van der Waals surface area contributed by atoms with Gasteiger partial charge in [0.25, 0.3) is 0 Å². The Morgan fingerprint density at radius 3 is 1.52 bits per heavy atom. The minimum atomic E-state index is -1.99. The first-order chi connectivity index (χ1) is 21.6. The van der Waals surface area contributed by atoms with Gasteiger partial charge in [0.15, 0.2) is 35.2 Å². The number of ether oxygens (including phenoxy) is 4. The van der Waals surface area contributed by atoms with Crippen molar-refractivity contribution in [1.82, 2.24) is 0 Å². The van der Waals surface area contributed by atoms with Crippen molar-refractivity contribution in [2.45, 2.75) is 88.1 Å². The zero-order chi connectivity index (χ0) is 34.0. The second kappa shape index (κ2) is 14.4. The number of benzene rings is 2. The van der Waals surface area contributed by atoms with Gasteiger partial charge in [0, 0.05) is 0 Å². The van der Waals surface area contributed by atoms with Crippen molar-refractivity contribution < 1.29 is 79.6 Å². The van der Waals surface area contributed by atoms with Crippen molar-refractivity contribution in [3.63, 3.8) is 0 Å². The van der Waals surface area contributed by atoms with Crippen LogP contribution in [0.4, 0.5) is 0 Å². The fraction of sp³-hybridized carbons (Fsp3) is 0.533. The highest BCUT2D eigenvalue weighted by molar-refractivity contribution is 5.74. The standard InChI is InChI=1S/C30H38O16/c1-11(7-13-3-5-15(31)16(32)9-13)12(2)8-14-4-6-17(43-29-23(37)19(33)21(35)25(45-29)27(39)40)18(10-14)44-30-24(38)20(34)22(36)26(46-30)28(41)42/h3-6,9-12,19-26,29-38H,7-8H2,1-2H3,(H,39,40)(H,41,42)/t11-,12+,19+,20+,21+,22+,23-,24-,25+,26+,29-,30-/m1/s1. The van der Waals surface area contributed by atoms with Crippen molar-refractivity contribution in [2.24, 2.45) is 11.8 Å². The highest BCUT2D eigenvalue weighted by atomic mass is 16.7. The molecule has 2 aliphatic heterocycles. The molecule has 0 spiro atoms. The van der Waals surface area contributed by atoms with Gasteiger partial charge in [-0.2, -0.15) is 0 Å². The average Bonchev–Trinajstić information content (AvgIpc) is 3.00. The van der Waals surface area contributed by atoms with Gasteiger partial charge in [-0.25, -0.2) is 9.59 Å². The lowest BCUT2D eigenvalue weighted by molar-refractivity contribution is -0.276. The number of aliphatic hydroxyl groups excluding tert-OH is 6. The fourth-order valence-electron chi connectivity index (χ4n) is 5.26. The summed E-state index contributed by atoms with van der Waals surface area (Å²) in [6, 6.07) is 8.93. The number of hydrogen-bond acceptors (Lipinski definition) is 14. The summed E-state index contributed by atoms with van der Waals surface area (Å²) in [6.45, 7) is 3.94. The van der Waals surface area contributed by atoms with Gasteiger partial charge < -0.3 is 70.0 Å². The van der Waals surface area contributed by atoms with E-state index < -0.39 is 73.4 Å². The predicted molar refractivity (Wildman–Crippen MR) is 152 cm³/mol. The summed E-state index contributed by atoms with van der Waals surface area (Å²) in [5.74, 6) is -4.20. The molecule has 2 heterocycles. The highest BCUT2D eigenvalue weighted by Crippen LogP contribution is 2.36. The Labute approximate surface area is 262 Å². The van der Waals surface area contributed by atoms with Crippen molar-refractivity contribution in [3.8, 4) is 23.0 Å². The molecule has 2 aromatic rings. The zero-order valence-electron chi connectivity index (χ0n) is 24.7. The first-order valence-electron chi connectivity index (χ1n) is 14.4. The number of carbonyl (C=O) groups is 2. The number of phenols is 2. The Balaban J connectivity index is 1.61. The minimum absolute atomic E-state index is 0.00287. The third-order valence-corrected chi connectivity index (χ3v) is 8.25. The number of rotatable bonds is 11. The lowest BCUT2D eigenvalue weighted by Crippen LogP contribution is -2.61. The lowest BCUT2D eigenvalue weighted by Gasteiger charge is -2.40. The molecule has 4 rings (SSSR count). The van der Waals surface area contributed by atoms with Crippen molar-refractivity contribution in [3.05, 3.63) is 47.5 Å². The number of aromatic hydroxyl groups is 2. The summed E-state index contributed by atoms with van der Waals surface area (Å²) in [4.78, 5) is 23.2. The monoisotopic (exact) mass is 654 g/mol. The first kappa shape index (κ1) is 35.1. The van der Waals surface area contributed by atoms with Crippen molar-refractivity contribution >= 4 is 11.9 Å². The molecular weight excluding hydrogens is 616 g/mol. The maximum absolute atomic E-state index is 11.6. The summed E-state index contributed by atoms with van der Waals surface area (Å²) in [5.41, 5.74) is 1.41. The summed E-state index contributed by atoms with van der Waals surface area (Å²) < 4.78 is 21.8. The summed E-state index contributed by atoms with van der Waals surface area (Å²) in [7, 11) is 0. The minimum Gasteiger partial charge on any atom is -0.504 e. The van der Waals surface area contributed by atoms with Crippen LogP contribution in [-0.2, 0) is 31.9 Å². The molecule has 254 valence electrons. The topological polar surface area (TPSA) is 273 Å². The highest BCUT2D eigenvalue weighted by Gasteiger charge is 2.50. The Morgan fingerprint density at radius 2 is 1.07 bits per heavy atom. The van der Waals surface area contributed by atoms with Crippen LogP contribution in [0.15, 0.2) is 36.4 Å². The number of aliphatic hydroxyl groups is 6. The molecule has 0 aliphatic carbocycles. The van der Waals surface area contributed by atoms with Crippen LogP contribution >= 0.6 is 0 Å². The molecule has 46 heavy (non-hydrogen) atoms. The van der Waals surface area contributed by atoms with Gasteiger partial charge in [-0.3, -0.25) is 0 Å². The van der Waals surface area contributed by atoms with E-state index in [-0.39, 0.29) is 34.8 Å². The number of hydrogen-bond donors (Lipinski definition) is 10. The zero-order valence-corrected chi connectivity index (χ0v) is 24.7. The number of carboxylic acids is 2. The van der Waals surface area contributed by atoms with Gasteiger partial charge in [-0.05, 0) is 60.1 Å². The molecule has 10 N–H and O–H groups in total. The van der Waals surface area contributed by atoms with Crippen LogP contribution in [0.1, 0.15) is 25.0 Å². The maximum atomic E-state index is 11.6. The van der Waals surface area contributed by atoms with E-state index in [1.165, 1.54) is 24.3 Å². The Kier molecular flexibility index (Phi) is 11.0. The van der Waals surface area contributed by atoms with Crippen LogP contribution in [-0.4, -0.2) is 124 Å². The van der Waals surface area contributed by atoms with Gasteiger partial charge >= 0.3 is 11.9 Å². The molecule has 2 aliphatic rings.